The van der Waals surface area contributed by atoms with E-state index < -0.39 is 17.7 Å². The van der Waals surface area contributed by atoms with E-state index in [1.54, 1.807) is 41.8 Å². The number of amides is 1. The number of aryl methyl sites for hydroxylation is 1. The normalized spacial score (nSPS) is 17.2. The van der Waals surface area contributed by atoms with Gasteiger partial charge in [-0.1, -0.05) is 26.0 Å². The monoisotopic (exact) mass is 507 g/mol. The summed E-state index contributed by atoms with van der Waals surface area (Å²) in [5.74, 6) is -0.209. The Kier molecular flexibility index (Phi) is 7.83. The van der Waals surface area contributed by atoms with Gasteiger partial charge < -0.3 is 24.2 Å². The zero-order chi connectivity index (χ0) is 26.7. The number of ketones is 1. The summed E-state index contributed by atoms with van der Waals surface area (Å²) in [7, 11) is 3.07. The second-order valence-corrected chi connectivity index (χ2v) is 9.40. The molecule has 1 aromatic carbocycles. The van der Waals surface area contributed by atoms with Crippen molar-refractivity contribution < 1.29 is 28.9 Å². The second kappa shape index (κ2) is 11.0. The SMILES string of the molecule is COCCN1C(=O)C(=O)C(=C(O)c2c(C)nc3ccccn23)C1c1ccc(OCCC(C)C)c(OC)c1. The third kappa shape index (κ3) is 5.04. The van der Waals surface area contributed by atoms with Crippen LogP contribution in [-0.2, 0) is 14.3 Å². The molecule has 1 atom stereocenters. The summed E-state index contributed by atoms with van der Waals surface area (Å²) in [5.41, 5.74) is 2.13. The molecule has 3 aromatic rings. The molecule has 0 bridgehead atoms. The van der Waals surface area contributed by atoms with Gasteiger partial charge in [0.05, 0.1) is 37.6 Å². The Balaban J connectivity index is 1.84. The number of carbonyl (C=O) groups excluding carboxylic acids is 2. The highest BCUT2D eigenvalue weighted by Crippen LogP contribution is 2.42. The Bertz CT molecular complexity index is 1340. The Morgan fingerprint density at radius 3 is 2.59 bits per heavy atom. The lowest BCUT2D eigenvalue weighted by molar-refractivity contribution is -0.140. The summed E-state index contributed by atoms with van der Waals surface area (Å²) in [6.45, 7) is 6.93. The van der Waals surface area contributed by atoms with Crippen LogP contribution in [-0.4, -0.2) is 65.1 Å². The summed E-state index contributed by atoms with van der Waals surface area (Å²) in [6, 6.07) is 9.91. The van der Waals surface area contributed by atoms with E-state index in [0.717, 1.165) is 6.42 Å². The fourth-order valence-electron chi connectivity index (χ4n) is 4.55. The van der Waals surface area contributed by atoms with Crippen LogP contribution in [0.2, 0.25) is 0 Å². The van der Waals surface area contributed by atoms with E-state index in [1.165, 1.54) is 19.1 Å². The average molecular weight is 508 g/mol. The van der Waals surface area contributed by atoms with Crippen LogP contribution >= 0.6 is 0 Å². The number of Topliss-reactive ketones (excluding diaryl/α,β-unsaturated/α-hetero) is 1. The Morgan fingerprint density at radius 1 is 1.11 bits per heavy atom. The molecule has 0 radical (unpaired) electrons. The van der Waals surface area contributed by atoms with E-state index in [0.29, 0.717) is 46.6 Å². The number of carbonyl (C=O) groups is 2. The van der Waals surface area contributed by atoms with Gasteiger partial charge in [0.1, 0.15) is 11.3 Å². The largest absolute Gasteiger partial charge is 0.505 e. The standard InChI is InChI=1S/C28H33N3O6/c1-17(2)11-14-37-20-10-9-19(16-21(20)36-5)25-23(27(33)28(34)31(25)13-15-35-4)26(32)24-18(3)29-22-8-6-7-12-30(22)24/h6-10,12,16-17,25,32H,11,13-15H2,1-5H3. The molecule has 37 heavy (non-hydrogen) atoms. The number of nitrogens with zero attached hydrogens (tertiary/aromatic N) is 3. The van der Waals surface area contributed by atoms with Crippen molar-refractivity contribution in [1.29, 1.82) is 0 Å². The topological polar surface area (TPSA) is 103 Å². The van der Waals surface area contributed by atoms with Crippen molar-refractivity contribution in [3.63, 3.8) is 0 Å². The third-order valence-electron chi connectivity index (χ3n) is 6.46. The molecule has 1 saturated heterocycles. The highest BCUT2D eigenvalue weighted by Gasteiger charge is 2.46. The molecular weight excluding hydrogens is 474 g/mol. The van der Waals surface area contributed by atoms with E-state index >= 15 is 0 Å². The molecule has 1 fully saturated rings. The van der Waals surface area contributed by atoms with Gasteiger partial charge in [0, 0.05) is 19.9 Å². The second-order valence-electron chi connectivity index (χ2n) is 9.40. The van der Waals surface area contributed by atoms with Gasteiger partial charge in [-0.05, 0) is 49.1 Å². The number of likely N-dealkylation sites (tertiary alicyclic amines) is 1. The minimum atomic E-state index is -0.845. The summed E-state index contributed by atoms with van der Waals surface area (Å²) in [4.78, 5) is 32.4. The highest BCUT2D eigenvalue weighted by atomic mass is 16.5. The first kappa shape index (κ1) is 26.2. The number of hydrogen-bond donors (Lipinski definition) is 1. The number of methoxy groups -OCH3 is 2. The molecule has 0 saturated carbocycles. The number of imidazole rings is 1. The van der Waals surface area contributed by atoms with Gasteiger partial charge in [0.2, 0.25) is 0 Å². The van der Waals surface area contributed by atoms with Crippen molar-refractivity contribution in [3.05, 3.63) is 65.1 Å². The number of aliphatic hydroxyl groups excluding tert-OH is 1. The number of rotatable bonds is 10. The number of fused-ring (bicyclic) bond motifs is 1. The van der Waals surface area contributed by atoms with Gasteiger partial charge in [0.25, 0.3) is 11.7 Å². The molecule has 9 nitrogen and oxygen atoms in total. The molecule has 1 N–H and O–H groups in total. The molecule has 1 aliphatic heterocycles. The molecule has 0 spiro atoms. The Morgan fingerprint density at radius 2 is 1.89 bits per heavy atom. The van der Waals surface area contributed by atoms with Crippen LogP contribution in [0.15, 0.2) is 48.2 Å². The summed E-state index contributed by atoms with van der Waals surface area (Å²) < 4.78 is 18.4. The quantitative estimate of drug-likeness (QED) is 0.250. The first-order chi connectivity index (χ1) is 17.8. The van der Waals surface area contributed by atoms with Crippen LogP contribution < -0.4 is 9.47 Å². The Hall–Kier alpha value is -3.85. The van der Waals surface area contributed by atoms with Gasteiger partial charge in [0.15, 0.2) is 17.3 Å². The smallest absolute Gasteiger partial charge is 0.295 e. The van der Waals surface area contributed by atoms with E-state index in [2.05, 4.69) is 18.8 Å². The van der Waals surface area contributed by atoms with Gasteiger partial charge in [-0.15, -0.1) is 0 Å². The minimum Gasteiger partial charge on any atom is -0.505 e. The Labute approximate surface area is 216 Å². The molecule has 4 rings (SSSR count). The summed E-state index contributed by atoms with van der Waals surface area (Å²) in [5, 5.41) is 11.5. The molecule has 0 aliphatic carbocycles. The van der Waals surface area contributed by atoms with Crippen LogP contribution in [0.4, 0.5) is 0 Å². The number of ether oxygens (including phenoxy) is 3. The predicted octanol–water partition coefficient (Wildman–Crippen LogP) is 4.14. The number of aromatic nitrogens is 2. The van der Waals surface area contributed by atoms with E-state index in [1.807, 2.05) is 12.1 Å². The average Bonchev–Trinajstić information content (AvgIpc) is 3.35. The van der Waals surface area contributed by atoms with Crippen molar-refractivity contribution in [1.82, 2.24) is 14.3 Å². The summed E-state index contributed by atoms with van der Waals surface area (Å²) in [6.07, 6.45) is 2.65. The minimum absolute atomic E-state index is 0.00890. The predicted molar refractivity (Wildman–Crippen MR) is 139 cm³/mol. The van der Waals surface area contributed by atoms with Crippen LogP contribution in [0, 0.1) is 12.8 Å². The maximum atomic E-state index is 13.3. The number of pyridine rings is 1. The lowest BCUT2D eigenvalue weighted by Crippen LogP contribution is -2.32. The van der Waals surface area contributed by atoms with Crippen molar-refractivity contribution in [3.8, 4) is 11.5 Å². The lowest BCUT2D eigenvalue weighted by atomic mass is 9.96. The molecule has 1 amide bonds. The van der Waals surface area contributed by atoms with Gasteiger partial charge >= 0.3 is 0 Å². The maximum absolute atomic E-state index is 13.3. The van der Waals surface area contributed by atoms with Crippen LogP contribution in [0.25, 0.3) is 11.4 Å². The summed E-state index contributed by atoms with van der Waals surface area (Å²) >= 11 is 0. The van der Waals surface area contributed by atoms with Gasteiger partial charge in [-0.3, -0.25) is 14.0 Å². The molecule has 9 heteroatoms. The number of aliphatic hydroxyl groups is 1. The van der Waals surface area contributed by atoms with Crippen LogP contribution in [0.1, 0.15) is 43.3 Å². The highest BCUT2D eigenvalue weighted by molar-refractivity contribution is 6.46. The zero-order valence-electron chi connectivity index (χ0n) is 21.9. The number of benzene rings is 1. The molecule has 1 aliphatic rings. The third-order valence-corrected chi connectivity index (χ3v) is 6.46. The first-order valence-electron chi connectivity index (χ1n) is 12.3. The molecule has 1 unspecified atom stereocenters. The van der Waals surface area contributed by atoms with Crippen molar-refractivity contribution >= 4 is 23.1 Å². The molecule has 2 aromatic heterocycles. The fraction of sp³-hybridized carbons (Fsp3) is 0.393. The van der Waals surface area contributed by atoms with Crippen LogP contribution in [0.3, 0.4) is 0 Å². The van der Waals surface area contributed by atoms with Crippen molar-refractivity contribution in [2.45, 2.75) is 33.2 Å². The van der Waals surface area contributed by atoms with E-state index in [9.17, 15) is 14.7 Å². The molecular formula is C28H33N3O6. The van der Waals surface area contributed by atoms with Crippen LogP contribution in [0.5, 0.6) is 11.5 Å². The van der Waals surface area contributed by atoms with Gasteiger partial charge in [-0.25, -0.2) is 4.98 Å². The zero-order valence-corrected chi connectivity index (χ0v) is 21.9. The maximum Gasteiger partial charge on any atom is 0.295 e. The van der Waals surface area contributed by atoms with Crippen molar-refractivity contribution in [2.75, 3.05) is 34.0 Å². The van der Waals surface area contributed by atoms with Crippen molar-refractivity contribution in [2.24, 2.45) is 5.92 Å². The first-order valence-corrected chi connectivity index (χ1v) is 12.3. The fourth-order valence-corrected chi connectivity index (χ4v) is 4.55. The molecule has 196 valence electrons. The van der Waals surface area contributed by atoms with E-state index in [-0.39, 0.29) is 24.5 Å². The lowest BCUT2D eigenvalue weighted by Gasteiger charge is -2.25. The van der Waals surface area contributed by atoms with E-state index in [4.69, 9.17) is 14.2 Å². The number of hydrogen-bond acceptors (Lipinski definition) is 7. The van der Waals surface area contributed by atoms with Gasteiger partial charge in [-0.2, -0.15) is 0 Å². The molecule has 3 heterocycles.